The predicted molar refractivity (Wildman–Crippen MR) is 117 cm³/mol. The molecule has 1 aromatic heterocycles. The molecule has 0 amide bonds. The van der Waals surface area contributed by atoms with Gasteiger partial charge < -0.3 is 4.90 Å². The van der Waals surface area contributed by atoms with Crippen LogP contribution in [0.3, 0.4) is 0 Å². The Hall–Kier alpha value is -2.08. The normalized spacial score (nSPS) is 21.8. The smallest absolute Gasteiger partial charge is 0.243 e. The lowest BCUT2D eigenvalue weighted by Crippen LogP contribution is -2.49. The summed E-state index contributed by atoms with van der Waals surface area (Å²) in [5.74, 6) is 0.584. The molecule has 2 aliphatic rings. The summed E-state index contributed by atoms with van der Waals surface area (Å²) in [7, 11) is -7.34. The average Bonchev–Trinajstić information content (AvgIpc) is 2.80. The topological polar surface area (TPSA) is 104 Å². The van der Waals surface area contributed by atoms with Gasteiger partial charge in [-0.05, 0) is 50.1 Å². The number of piperazine rings is 1. The van der Waals surface area contributed by atoms with Gasteiger partial charge >= 0.3 is 0 Å². The van der Waals surface area contributed by atoms with Crippen LogP contribution >= 0.6 is 0 Å². The van der Waals surface area contributed by atoms with E-state index in [2.05, 4.69) is 9.97 Å². The van der Waals surface area contributed by atoms with Gasteiger partial charge in [-0.3, -0.25) is 0 Å². The second-order valence-electron chi connectivity index (χ2n) is 7.87. The van der Waals surface area contributed by atoms with Gasteiger partial charge in [0.1, 0.15) is 0 Å². The fourth-order valence-electron chi connectivity index (χ4n) is 4.08. The number of nitrogens with zero attached hydrogens (tertiary/aromatic N) is 5. The van der Waals surface area contributed by atoms with E-state index in [1.165, 1.54) is 32.9 Å². The molecule has 2 aromatic rings. The summed E-state index contributed by atoms with van der Waals surface area (Å²) in [6, 6.07) is 7.27. The van der Waals surface area contributed by atoms with Crippen molar-refractivity contribution < 1.29 is 16.8 Å². The minimum Gasteiger partial charge on any atom is -0.338 e. The second kappa shape index (κ2) is 8.81. The van der Waals surface area contributed by atoms with Gasteiger partial charge in [0.25, 0.3) is 0 Å². The number of aromatic nitrogens is 2. The first-order valence-electron chi connectivity index (χ1n) is 10.4. The van der Waals surface area contributed by atoms with E-state index in [0.717, 1.165) is 19.3 Å². The Bertz CT molecular complexity index is 1100. The molecule has 11 heteroatoms. The van der Waals surface area contributed by atoms with Crippen molar-refractivity contribution in [2.45, 2.75) is 42.0 Å². The average molecular weight is 466 g/mol. The van der Waals surface area contributed by atoms with Gasteiger partial charge in [0.05, 0.1) is 9.79 Å². The Morgan fingerprint density at radius 2 is 1.39 bits per heavy atom. The van der Waals surface area contributed by atoms with Gasteiger partial charge in [-0.1, -0.05) is 6.42 Å². The summed E-state index contributed by atoms with van der Waals surface area (Å²) >= 11 is 0. The van der Waals surface area contributed by atoms with E-state index >= 15 is 0 Å². The molecule has 168 valence electrons. The molecule has 4 rings (SSSR count). The number of anilines is 1. The molecule has 2 aliphatic heterocycles. The number of hydrogen-bond donors (Lipinski definition) is 0. The summed E-state index contributed by atoms with van der Waals surface area (Å²) in [5, 5.41) is 0. The molecular weight excluding hydrogens is 438 g/mol. The van der Waals surface area contributed by atoms with Crippen LogP contribution in [0.2, 0.25) is 0 Å². The van der Waals surface area contributed by atoms with Crippen LogP contribution in [0, 0.1) is 0 Å². The Morgan fingerprint density at radius 3 is 1.97 bits per heavy atom. The SMILES string of the molecule is C[C@@H]1CCCCN1S(=O)(=O)c1ccc(S(=O)(=O)N2CCN(c3ncccn3)CC2)cc1. The van der Waals surface area contributed by atoms with Crippen LogP contribution in [-0.2, 0) is 20.0 Å². The zero-order valence-electron chi connectivity index (χ0n) is 17.5. The van der Waals surface area contributed by atoms with Gasteiger partial charge in [-0.25, -0.2) is 26.8 Å². The predicted octanol–water partition coefficient (Wildman–Crippen LogP) is 1.55. The minimum atomic E-state index is -3.71. The third-order valence-electron chi connectivity index (χ3n) is 5.88. The maximum absolute atomic E-state index is 13.1. The van der Waals surface area contributed by atoms with Gasteiger partial charge in [0.15, 0.2) is 0 Å². The van der Waals surface area contributed by atoms with E-state index in [0.29, 0.717) is 38.7 Å². The molecule has 0 bridgehead atoms. The van der Waals surface area contributed by atoms with Crippen LogP contribution in [0.1, 0.15) is 26.2 Å². The second-order valence-corrected chi connectivity index (χ2v) is 11.7. The van der Waals surface area contributed by atoms with Crippen molar-refractivity contribution >= 4 is 26.0 Å². The Kier molecular flexibility index (Phi) is 6.29. The van der Waals surface area contributed by atoms with E-state index in [-0.39, 0.29) is 15.8 Å². The number of hydrogen-bond acceptors (Lipinski definition) is 7. The van der Waals surface area contributed by atoms with Crippen molar-refractivity contribution in [2.75, 3.05) is 37.6 Å². The van der Waals surface area contributed by atoms with Crippen LogP contribution in [-0.4, -0.2) is 74.2 Å². The Labute approximate surface area is 183 Å². The molecule has 0 spiro atoms. The summed E-state index contributed by atoms with van der Waals surface area (Å²) in [6.07, 6.45) is 6.02. The van der Waals surface area contributed by atoms with Crippen LogP contribution < -0.4 is 4.90 Å². The summed E-state index contributed by atoms with van der Waals surface area (Å²) in [5.41, 5.74) is 0. The van der Waals surface area contributed by atoms with Gasteiger partial charge in [-0.2, -0.15) is 8.61 Å². The maximum Gasteiger partial charge on any atom is 0.243 e. The minimum absolute atomic E-state index is 0.0490. The van der Waals surface area contributed by atoms with E-state index < -0.39 is 20.0 Å². The fraction of sp³-hybridized carbons (Fsp3) is 0.500. The first kappa shape index (κ1) is 22.1. The lowest BCUT2D eigenvalue weighted by molar-refractivity contribution is 0.268. The third-order valence-corrected chi connectivity index (χ3v) is 9.82. The van der Waals surface area contributed by atoms with Crippen LogP contribution in [0.15, 0.2) is 52.5 Å². The van der Waals surface area contributed by atoms with E-state index in [4.69, 9.17) is 0 Å². The molecule has 0 N–H and O–H groups in total. The van der Waals surface area contributed by atoms with Crippen LogP contribution in [0.4, 0.5) is 5.95 Å². The lowest BCUT2D eigenvalue weighted by atomic mass is 10.1. The fourth-order valence-corrected chi connectivity index (χ4v) is 7.20. The highest BCUT2D eigenvalue weighted by Gasteiger charge is 2.32. The highest BCUT2D eigenvalue weighted by Crippen LogP contribution is 2.27. The molecule has 2 saturated heterocycles. The van der Waals surface area contributed by atoms with E-state index in [1.807, 2.05) is 11.8 Å². The molecular formula is C20H27N5O4S2. The highest BCUT2D eigenvalue weighted by atomic mass is 32.2. The third kappa shape index (κ3) is 4.45. The molecule has 0 aliphatic carbocycles. The lowest BCUT2D eigenvalue weighted by Gasteiger charge is -2.34. The number of rotatable bonds is 5. The van der Waals surface area contributed by atoms with Crippen LogP contribution in [0.25, 0.3) is 0 Å². The summed E-state index contributed by atoms with van der Waals surface area (Å²) in [6.45, 7) is 4.01. The molecule has 1 atom stereocenters. The first-order chi connectivity index (χ1) is 14.8. The van der Waals surface area contributed by atoms with Crippen LogP contribution in [0.5, 0.6) is 0 Å². The van der Waals surface area contributed by atoms with Crippen molar-refractivity contribution in [3.63, 3.8) is 0 Å². The summed E-state index contributed by atoms with van der Waals surface area (Å²) in [4.78, 5) is 10.6. The van der Waals surface area contributed by atoms with Gasteiger partial charge in [0.2, 0.25) is 26.0 Å². The highest BCUT2D eigenvalue weighted by molar-refractivity contribution is 7.89. The molecule has 0 radical (unpaired) electrons. The number of piperidine rings is 1. The Morgan fingerprint density at radius 1 is 0.806 bits per heavy atom. The van der Waals surface area contributed by atoms with Crippen molar-refractivity contribution in [1.82, 2.24) is 18.6 Å². The molecule has 0 unspecified atom stereocenters. The molecule has 2 fully saturated rings. The molecule has 9 nitrogen and oxygen atoms in total. The summed E-state index contributed by atoms with van der Waals surface area (Å²) < 4.78 is 55.0. The van der Waals surface area contributed by atoms with Gasteiger partial charge in [0, 0.05) is 51.2 Å². The van der Waals surface area contributed by atoms with Crippen molar-refractivity contribution in [1.29, 1.82) is 0 Å². The zero-order chi connectivity index (χ0) is 22.1. The van der Waals surface area contributed by atoms with E-state index in [1.54, 1.807) is 18.5 Å². The first-order valence-corrected chi connectivity index (χ1v) is 13.3. The molecule has 0 saturated carbocycles. The van der Waals surface area contributed by atoms with Crippen molar-refractivity contribution in [3.05, 3.63) is 42.7 Å². The van der Waals surface area contributed by atoms with Crippen molar-refractivity contribution in [2.24, 2.45) is 0 Å². The zero-order valence-corrected chi connectivity index (χ0v) is 19.1. The Balaban J connectivity index is 1.47. The molecule has 1 aromatic carbocycles. The number of benzene rings is 1. The largest absolute Gasteiger partial charge is 0.338 e. The van der Waals surface area contributed by atoms with E-state index in [9.17, 15) is 16.8 Å². The monoisotopic (exact) mass is 465 g/mol. The van der Waals surface area contributed by atoms with Gasteiger partial charge in [-0.15, -0.1) is 0 Å². The molecule has 31 heavy (non-hydrogen) atoms. The quantitative estimate of drug-likeness (QED) is 0.660. The molecule has 3 heterocycles. The van der Waals surface area contributed by atoms with Crippen molar-refractivity contribution in [3.8, 4) is 0 Å². The standard InChI is InChI=1S/C20H27N5O4S2/c1-17-5-2-3-12-25(17)31(28,29)19-8-6-18(7-9-19)30(26,27)24-15-13-23(14-16-24)20-21-10-4-11-22-20/h4,6-11,17H,2-3,5,12-16H2,1H3/t17-/m1/s1. The number of sulfonamides is 2. The maximum atomic E-state index is 13.1.